The number of hydrogen-bond donors (Lipinski definition) is 0. The zero-order valence-electron chi connectivity index (χ0n) is 14.9. The van der Waals surface area contributed by atoms with Gasteiger partial charge in [0.15, 0.2) is 5.76 Å². The van der Waals surface area contributed by atoms with Crippen LogP contribution in [0, 0.1) is 0 Å². The number of ketones is 1. The molecule has 1 atom stereocenters. The molecule has 2 aromatic rings. The fraction of sp³-hybridized carbons (Fsp3) is 0.333. The molecule has 0 radical (unpaired) electrons. The molecule has 0 spiro atoms. The van der Waals surface area contributed by atoms with Crippen molar-refractivity contribution < 1.29 is 19.0 Å². The lowest BCUT2D eigenvalue weighted by molar-refractivity contribution is 0.0274. The molecule has 1 fully saturated rings. The second kappa shape index (κ2) is 6.79. The summed E-state index contributed by atoms with van der Waals surface area (Å²) in [6, 6.07) is 7.34. The predicted octanol–water partition coefficient (Wildman–Crippen LogP) is 3.03. The number of aromatic nitrogens is 1. The van der Waals surface area contributed by atoms with Gasteiger partial charge in [-0.3, -0.25) is 14.7 Å². The van der Waals surface area contributed by atoms with Crippen LogP contribution in [0.2, 0.25) is 0 Å². The van der Waals surface area contributed by atoms with E-state index in [9.17, 15) is 4.79 Å². The number of allylic oxidation sites excluding steroid dienone is 1. The van der Waals surface area contributed by atoms with Crippen molar-refractivity contribution in [2.75, 3.05) is 19.9 Å². The normalized spacial score (nSPS) is 23.0. The Bertz CT molecular complexity index is 904. The van der Waals surface area contributed by atoms with Gasteiger partial charge in [-0.2, -0.15) is 0 Å². The maximum Gasteiger partial charge on any atom is 0.231 e. The highest BCUT2D eigenvalue weighted by Gasteiger charge is 2.34. The highest BCUT2D eigenvalue weighted by Crippen LogP contribution is 2.42. The van der Waals surface area contributed by atoms with E-state index in [1.807, 2.05) is 18.2 Å². The molecule has 3 aliphatic rings. The molecular weight excluding hydrogens is 344 g/mol. The number of carbonyl (C=O) groups excluding carboxylic acids is 1. The number of ether oxygens (including phenoxy) is 3. The van der Waals surface area contributed by atoms with Crippen molar-refractivity contribution in [3.05, 3.63) is 59.1 Å². The highest BCUT2D eigenvalue weighted by atomic mass is 16.5. The van der Waals surface area contributed by atoms with Gasteiger partial charge >= 0.3 is 0 Å². The van der Waals surface area contributed by atoms with Crippen LogP contribution in [0.25, 0.3) is 6.08 Å². The van der Waals surface area contributed by atoms with Crippen LogP contribution in [0.4, 0.5) is 0 Å². The average molecular weight is 364 g/mol. The van der Waals surface area contributed by atoms with Crippen molar-refractivity contribution in [3.63, 3.8) is 0 Å². The Morgan fingerprint density at radius 3 is 2.93 bits per heavy atom. The van der Waals surface area contributed by atoms with Crippen LogP contribution in [-0.2, 0) is 11.3 Å². The maximum absolute atomic E-state index is 12.8. The molecule has 0 saturated carbocycles. The van der Waals surface area contributed by atoms with Crippen LogP contribution >= 0.6 is 0 Å². The molecule has 1 aromatic carbocycles. The van der Waals surface area contributed by atoms with Gasteiger partial charge in [0, 0.05) is 32.1 Å². The standard InChI is InChI=1S/C21H20N2O4/c24-20-16-3-4-18-17(12-23(13-26-18)11-15-2-1-9-25-15)21(16)27-19(20)10-14-5-7-22-8-6-14/h3-8,10,15H,1-2,9,11-13H2. The van der Waals surface area contributed by atoms with Gasteiger partial charge < -0.3 is 14.2 Å². The number of benzene rings is 1. The van der Waals surface area contributed by atoms with Crippen LogP contribution in [0.1, 0.15) is 34.3 Å². The van der Waals surface area contributed by atoms with E-state index in [2.05, 4.69) is 9.88 Å². The molecule has 4 heterocycles. The molecule has 0 amide bonds. The summed E-state index contributed by atoms with van der Waals surface area (Å²) in [6.07, 6.45) is 7.60. The Balaban J connectivity index is 1.42. The van der Waals surface area contributed by atoms with Crippen molar-refractivity contribution in [1.82, 2.24) is 9.88 Å². The van der Waals surface area contributed by atoms with E-state index < -0.39 is 0 Å². The number of fused-ring (bicyclic) bond motifs is 3. The van der Waals surface area contributed by atoms with E-state index in [0.29, 0.717) is 30.3 Å². The van der Waals surface area contributed by atoms with Crippen molar-refractivity contribution in [2.24, 2.45) is 0 Å². The monoisotopic (exact) mass is 364 g/mol. The molecule has 1 unspecified atom stereocenters. The van der Waals surface area contributed by atoms with Gasteiger partial charge in [-0.15, -0.1) is 0 Å². The number of hydrogen-bond acceptors (Lipinski definition) is 6. The Kier molecular flexibility index (Phi) is 4.14. The summed E-state index contributed by atoms with van der Waals surface area (Å²) in [4.78, 5) is 19.0. The first-order valence-corrected chi connectivity index (χ1v) is 9.25. The molecule has 6 heteroatoms. The summed E-state index contributed by atoms with van der Waals surface area (Å²) in [6.45, 7) is 2.89. The average Bonchev–Trinajstić information content (AvgIpc) is 3.31. The van der Waals surface area contributed by atoms with E-state index in [4.69, 9.17) is 14.2 Å². The van der Waals surface area contributed by atoms with Gasteiger partial charge in [-0.1, -0.05) is 0 Å². The second-order valence-electron chi connectivity index (χ2n) is 7.06. The Hall–Kier alpha value is -2.70. The van der Waals surface area contributed by atoms with E-state index in [0.717, 1.165) is 42.9 Å². The highest BCUT2D eigenvalue weighted by molar-refractivity contribution is 6.15. The third kappa shape index (κ3) is 3.11. The molecule has 6 nitrogen and oxygen atoms in total. The fourth-order valence-electron chi connectivity index (χ4n) is 3.81. The quantitative estimate of drug-likeness (QED) is 0.781. The molecule has 3 aliphatic heterocycles. The Morgan fingerprint density at radius 1 is 1.22 bits per heavy atom. The largest absolute Gasteiger partial charge is 0.478 e. The minimum absolute atomic E-state index is 0.0964. The first kappa shape index (κ1) is 16.5. The van der Waals surface area contributed by atoms with Crippen molar-refractivity contribution >= 4 is 11.9 Å². The molecule has 5 rings (SSSR count). The molecule has 0 aliphatic carbocycles. The third-order valence-electron chi connectivity index (χ3n) is 5.17. The second-order valence-corrected chi connectivity index (χ2v) is 7.06. The summed E-state index contributed by atoms with van der Waals surface area (Å²) < 4.78 is 17.6. The first-order chi connectivity index (χ1) is 13.3. The van der Waals surface area contributed by atoms with Gasteiger partial charge in [0.05, 0.1) is 17.2 Å². The topological polar surface area (TPSA) is 60.9 Å². The molecule has 1 saturated heterocycles. The van der Waals surface area contributed by atoms with Crippen LogP contribution < -0.4 is 9.47 Å². The van der Waals surface area contributed by atoms with Crippen LogP contribution in [0.3, 0.4) is 0 Å². The SMILES string of the molecule is O=C1C(=Cc2ccncc2)Oc2c1ccc1c2CN(CC2CCCO2)CO1. The smallest absolute Gasteiger partial charge is 0.231 e. The zero-order chi connectivity index (χ0) is 18.2. The molecular formula is C21H20N2O4. The molecule has 27 heavy (non-hydrogen) atoms. The van der Waals surface area contributed by atoms with Crippen molar-refractivity contribution in [3.8, 4) is 11.5 Å². The summed E-state index contributed by atoms with van der Waals surface area (Å²) in [5.41, 5.74) is 2.41. The minimum Gasteiger partial charge on any atom is -0.478 e. The van der Waals surface area contributed by atoms with Crippen LogP contribution in [-0.4, -0.2) is 41.7 Å². The maximum atomic E-state index is 12.8. The van der Waals surface area contributed by atoms with Gasteiger partial charge in [0.25, 0.3) is 0 Å². The Morgan fingerprint density at radius 2 is 2.11 bits per heavy atom. The molecule has 1 aromatic heterocycles. The molecule has 0 bridgehead atoms. The van der Waals surface area contributed by atoms with E-state index >= 15 is 0 Å². The van der Waals surface area contributed by atoms with E-state index in [1.54, 1.807) is 24.5 Å². The summed E-state index contributed by atoms with van der Waals surface area (Å²) >= 11 is 0. The van der Waals surface area contributed by atoms with Gasteiger partial charge in [0.1, 0.15) is 18.2 Å². The predicted molar refractivity (Wildman–Crippen MR) is 98.5 cm³/mol. The lowest BCUT2D eigenvalue weighted by Gasteiger charge is -2.31. The van der Waals surface area contributed by atoms with Gasteiger partial charge in [-0.25, -0.2) is 0 Å². The number of nitrogens with zero attached hydrogens (tertiary/aromatic N) is 2. The van der Waals surface area contributed by atoms with Gasteiger partial charge in [-0.05, 0) is 48.7 Å². The summed E-state index contributed by atoms with van der Waals surface area (Å²) in [5, 5.41) is 0. The van der Waals surface area contributed by atoms with E-state index in [1.165, 1.54) is 0 Å². The number of Topliss-reactive ketones (excluding diaryl/α,β-unsaturated/α-hetero) is 1. The fourth-order valence-corrected chi connectivity index (χ4v) is 3.81. The summed E-state index contributed by atoms with van der Waals surface area (Å²) in [5.74, 6) is 1.65. The third-order valence-corrected chi connectivity index (χ3v) is 5.17. The zero-order valence-corrected chi connectivity index (χ0v) is 14.9. The number of rotatable bonds is 3. The van der Waals surface area contributed by atoms with Crippen LogP contribution in [0.15, 0.2) is 42.4 Å². The minimum atomic E-state index is -0.0964. The summed E-state index contributed by atoms with van der Waals surface area (Å²) in [7, 11) is 0. The van der Waals surface area contributed by atoms with Crippen molar-refractivity contribution in [2.45, 2.75) is 25.5 Å². The van der Waals surface area contributed by atoms with Crippen molar-refractivity contribution in [1.29, 1.82) is 0 Å². The van der Waals surface area contributed by atoms with Crippen LogP contribution in [0.5, 0.6) is 11.5 Å². The first-order valence-electron chi connectivity index (χ1n) is 9.25. The molecule has 138 valence electrons. The Labute approximate surface area is 157 Å². The number of carbonyl (C=O) groups is 1. The van der Waals surface area contributed by atoms with E-state index in [-0.39, 0.29) is 11.9 Å². The van der Waals surface area contributed by atoms with Gasteiger partial charge in [0.2, 0.25) is 5.78 Å². The number of pyridine rings is 1. The lowest BCUT2D eigenvalue weighted by Crippen LogP contribution is -2.37. The molecule has 0 N–H and O–H groups in total. The lowest BCUT2D eigenvalue weighted by atomic mass is 10.0.